The summed E-state index contributed by atoms with van der Waals surface area (Å²) in [7, 11) is 0. The predicted octanol–water partition coefficient (Wildman–Crippen LogP) is 5.66. The first-order chi connectivity index (χ1) is 18.0. The molecule has 2 aliphatic heterocycles. The molecule has 1 N–H and O–H groups in total. The van der Waals surface area contributed by atoms with Crippen LogP contribution < -0.4 is 4.74 Å². The molecule has 1 unspecified atom stereocenters. The average Bonchev–Trinajstić information content (AvgIpc) is 3.47. The molecule has 5 rings (SSSR count). The zero-order valence-electron chi connectivity index (χ0n) is 21.0. The first kappa shape index (κ1) is 25.5. The minimum Gasteiger partial charge on any atom is -0.490 e. The highest BCUT2D eigenvalue weighted by Gasteiger charge is 2.18. The first-order valence-corrected chi connectivity index (χ1v) is 13.4. The lowest BCUT2D eigenvalue weighted by Gasteiger charge is -2.28. The van der Waals surface area contributed by atoms with E-state index in [0.717, 1.165) is 51.0 Å². The van der Waals surface area contributed by atoms with Crippen molar-refractivity contribution in [3.8, 4) is 5.75 Å². The number of aliphatic hydroxyl groups excluding tert-OH is 1. The highest BCUT2D eigenvalue weighted by molar-refractivity contribution is 6.30. The third-order valence-corrected chi connectivity index (χ3v) is 7.34. The van der Waals surface area contributed by atoms with E-state index in [9.17, 15) is 9.90 Å². The Hall–Kier alpha value is -3.12. The normalized spacial score (nSPS) is 17.4. The summed E-state index contributed by atoms with van der Waals surface area (Å²) in [5.74, 6) is 0.607. The van der Waals surface area contributed by atoms with Gasteiger partial charge in [-0.25, -0.2) is 0 Å². The monoisotopic (exact) mass is 516 g/mol. The summed E-state index contributed by atoms with van der Waals surface area (Å²) in [6.45, 7) is 4.01. The van der Waals surface area contributed by atoms with Gasteiger partial charge in [0.2, 0.25) is 5.91 Å². The van der Waals surface area contributed by atoms with Crippen LogP contribution in [0.25, 0.3) is 22.4 Å². The lowest BCUT2D eigenvalue weighted by atomic mass is 9.97. The highest BCUT2D eigenvalue weighted by Crippen LogP contribution is 2.27. The van der Waals surface area contributed by atoms with Crippen LogP contribution in [0.3, 0.4) is 0 Å². The smallest absolute Gasteiger partial charge is 0.246 e. The molecule has 5 nitrogen and oxygen atoms in total. The van der Waals surface area contributed by atoms with Crippen LogP contribution >= 0.6 is 11.6 Å². The number of fused-ring (bicyclic) bond motifs is 1. The van der Waals surface area contributed by atoms with Crippen molar-refractivity contribution >= 4 is 39.9 Å². The number of amides is 1. The first-order valence-electron chi connectivity index (χ1n) is 13.0. The third kappa shape index (κ3) is 6.61. The number of carbonyl (C=O) groups excluding carboxylic acids is 1. The largest absolute Gasteiger partial charge is 0.490 e. The number of ether oxygens (including phenoxy) is 1. The Bertz CT molecular complexity index is 1310. The van der Waals surface area contributed by atoms with Gasteiger partial charge in [-0.3, -0.25) is 9.69 Å². The number of halogens is 1. The standard InChI is InChI=1S/C31H33ClN2O3/c32-28-10-11-30(27(20-28)9-12-31(36)34-15-3-4-16-34)37-22-29(35)21-33-17-13-24(14-18-33)26-8-7-23-5-1-2-6-25(23)19-26/h1-2,5-13,19-20,29,35H,3-4,14-18,21-22H2. The van der Waals surface area contributed by atoms with E-state index in [0.29, 0.717) is 17.3 Å². The van der Waals surface area contributed by atoms with E-state index in [4.69, 9.17) is 16.3 Å². The second-order valence-electron chi connectivity index (χ2n) is 9.81. The van der Waals surface area contributed by atoms with Gasteiger partial charge in [0.15, 0.2) is 0 Å². The number of β-amino-alcohol motifs (C(OH)–C–C–N with tert-alkyl or cyclic N) is 1. The van der Waals surface area contributed by atoms with E-state index in [-0.39, 0.29) is 12.5 Å². The van der Waals surface area contributed by atoms with Crippen LogP contribution in [0.1, 0.15) is 30.4 Å². The quantitative estimate of drug-likeness (QED) is 0.393. The molecule has 0 bridgehead atoms. The molecule has 6 heteroatoms. The molecule has 2 heterocycles. The van der Waals surface area contributed by atoms with Gasteiger partial charge in [-0.05, 0) is 71.5 Å². The van der Waals surface area contributed by atoms with Crippen LogP contribution in [-0.4, -0.2) is 66.2 Å². The molecule has 0 aliphatic carbocycles. The Labute approximate surface area is 223 Å². The summed E-state index contributed by atoms with van der Waals surface area (Å²) < 4.78 is 5.96. The number of hydrogen-bond acceptors (Lipinski definition) is 4. The van der Waals surface area contributed by atoms with E-state index in [1.807, 2.05) is 4.90 Å². The van der Waals surface area contributed by atoms with Crippen LogP contribution in [0.5, 0.6) is 5.75 Å². The lowest BCUT2D eigenvalue weighted by molar-refractivity contribution is -0.124. The summed E-state index contributed by atoms with van der Waals surface area (Å²) in [4.78, 5) is 16.5. The number of carbonyl (C=O) groups is 1. The third-order valence-electron chi connectivity index (χ3n) is 7.11. The van der Waals surface area contributed by atoms with Gasteiger partial charge < -0.3 is 14.7 Å². The Morgan fingerprint density at radius 3 is 2.62 bits per heavy atom. The number of hydrogen-bond donors (Lipinski definition) is 1. The van der Waals surface area contributed by atoms with Crippen molar-refractivity contribution in [2.75, 3.05) is 39.3 Å². The second-order valence-corrected chi connectivity index (χ2v) is 10.3. The molecule has 0 spiro atoms. The van der Waals surface area contributed by atoms with Crippen LogP contribution in [0, 0.1) is 0 Å². The molecular formula is C31H33ClN2O3. The number of nitrogens with zero attached hydrogens (tertiary/aromatic N) is 2. The van der Waals surface area contributed by atoms with Gasteiger partial charge in [-0.15, -0.1) is 0 Å². The van der Waals surface area contributed by atoms with Crippen LogP contribution in [0.15, 0.2) is 72.8 Å². The van der Waals surface area contributed by atoms with Gasteiger partial charge in [-0.1, -0.05) is 54.1 Å². The minimum atomic E-state index is -0.630. The van der Waals surface area contributed by atoms with Gasteiger partial charge >= 0.3 is 0 Å². The van der Waals surface area contributed by atoms with Crippen LogP contribution in [0.2, 0.25) is 5.02 Å². The molecule has 37 heavy (non-hydrogen) atoms. The summed E-state index contributed by atoms with van der Waals surface area (Å²) in [6.07, 6.45) is 8.02. The minimum absolute atomic E-state index is 0.00433. The molecule has 0 radical (unpaired) electrons. The topological polar surface area (TPSA) is 53.0 Å². The predicted molar refractivity (Wildman–Crippen MR) is 151 cm³/mol. The van der Waals surface area contributed by atoms with Crippen LogP contribution in [0.4, 0.5) is 0 Å². The Morgan fingerprint density at radius 1 is 1.03 bits per heavy atom. The van der Waals surface area contributed by atoms with Crippen molar-refractivity contribution in [1.29, 1.82) is 0 Å². The van der Waals surface area contributed by atoms with Gasteiger partial charge in [-0.2, -0.15) is 0 Å². The maximum atomic E-state index is 12.4. The Kier molecular flexibility index (Phi) is 8.24. The molecule has 1 atom stereocenters. The van der Waals surface area contributed by atoms with E-state index >= 15 is 0 Å². The van der Waals surface area contributed by atoms with Crippen molar-refractivity contribution in [3.63, 3.8) is 0 Å². The van der Waals surface area contributed by atoms with E-state index in [2.05, 4.69) is 53.4 Å². The van der Waals surface area contributed by atoms with Crippen molar-refractivity contribution in [2.24, 2.45) is 0 Å². The maximum Gasteiger partial charge on any atom is 0.246 e. The average molecular weight is 517 g/mol. The molecule has 0 aromatic heterocycles. The lowest BCUT2D eigenvalue weighted by Crippen LogP contribution is -2.38. The Morgan fingerprint density at radius 2 is 1.84 bits per heavy atom. The highest BCUT2D eigenvalue weighted by atomic mass is 35.5. The fourth-order valence-corrected chi connectivity index (χ4v) is 5.23. The molecule has 3 aromatic rings. The zero-order valence-corrected chi connectivity index (χ0v) is 21.7. The van der Waals surface area contributed by atoms with Gasteiger partial charge in [0, 0.05) is 49.4 Å². The molecule has 1 saturated heterocycles. The van der Waals surface area contributed by atoms with E-state index in [1.54, 1.807) is 30.4 Å². The molecule has 1 fully saturated rings. The maximum absolute atomic E-state index is 12.4. The van der Waals surface area contributed by atoms with Crippen molar-refractivity contribution in [1.82, 2.24) is 9.80 Å². The van der Waals surface area contributed by atoms with Crippen molar-refractivity contribution in [3.05, 3.63) is 89.0 Å². The molecule has 3 aromatic carbocycles. The number of aliphatic hydroxyl groups is 1. The number of benzene rings is 3. The molecule has 2 aliphatic rings. The van der Waals surface area contributed by atoms with Crippen LogP contribution in [-0.2, 0) is 4.79 Å². The van der Waals surface area contributed by atoms with Gasteiger partial charge in [0.1, 0.15) is 18.5 Å². The van der Waals surface area contributed by atoms with Gasteiger partial charge in [0.05, 0.1) is 0 Å². The van der Waals surface area contributed by atoms with E-state index in [1.165, 1.54) is 21.9 Å². The summed E-state index contributed by atoms with van der Waals surface area (Å²) >= 11 is 6.19. The van der Waals surface area contributed by atoms with E-state index < -0.39 is 6.10 Å². The fraction of sp³-hybridized carbons (Fsp3) is 0.323. The second kappa shape index (κ2) is 12.0. The fourth-order valence-electron chi connectivity index (χ4n) is 5.05. The van der Waals surface area contributed by atoms with Crippen molar-refractivity contribution < 1.29 is 14.6 Å². The van der Waals surface area contributed by atoms with Crippen molar-refractivity contribution in [2.45, 2.75) is 25.4 Å². The SMILES string of the molecule is O=C(C=Cc1cc(Cl)ccc1OCC(O)CN1CC=C(c2ccc3ccccc3c2)CC1)N1CCCC1. The zero-order chi connectivity index (χ0) is 25.6. The molecule has 0 saturated carbocycles. The molecular weight excluding hydrogens is 484 g/mol. The number of likely N-dealkylation sites (tertiary alicyclic amines) is 1. The Balaban J connectivity index is 1.15. The summed E-state index contributed by atoms with van der Waals surface area (Å²) in [5, 5.41) is 13.8. The molecule has 1 amide bonds. The number of rotatable bonds is 8. The van der Waals surface area contributed by atoms with Gasteiger partial charge in [0.25, 0.3) is 0 Å². The summed E-state index contributed by atoms with van der Waals surface area (Å²) in [6, 6.07) is 20.4. The summed E-state index contributed by atoms with van der Waals surface area (Å²) in [5.41, 5.74) is 3.36. The molecule has 192 valence electrons.